The predicted octanol–water partition coefficient (Wildman–Crippen LogP) is 2.53. The SMILES string of the molecule is C=Cc1ccc(C)c(C(=O)NC2CC2)c1. The van der Waals surface area contributed by atoms with Crippen molar-refractivity contribution < 1.29 is 4.79 Å². The summed E-state index contributed by atoms with van der Waals surface area (Å²) in [5, 5.41) is 2.99. The van der Waals surface area contributed by atoms with E-state index >= 15 is 0 Å². The van der Waals surface area contributed by atoms with Gasteiger partial charge in [-0.15, -0.1) is 0 Å². The van der Waals surface area contributed by atoms with Crippen molar-refractivity contribution in [3.8, 4) is 0 Å². The fraction of sp³-hybridized carbons (Fsp3) is 0.308. The van der Waals surface area contributed by atoms with Crippen LogP contribution in [0.2, 0.25) is 0 Å². The number of amides is 1. The molecule has 1 aliphatic carbocycles. The van der Waals surface area contributed by atoms with Crippen molar-refractivity contribution in [3.05, 3.63) is 41.5 Å². The van der Waals surface area contributed by atoms with Crippen LogP contribution in [0.1, 0.15) is 34.3 Å². The summed E-state index contributed by atoms with van der Waals surface area (Å²) >= 11 is 0. The molecule has 1 aliphatic rings. The van der Waals surface area contributed by atoms with Gasteiger partial charge in [0.2, 0.25) is 0 Å². The Balaban J connectivity index is 2.23. The number of carbonyl (C=O) groups is 1. The highest BCUT2D eigenvalue weighted by molar-refractivity contribution is 5.96. The van der Waals surface area contributed by atoms with Gasteiger partial charge in [0.15, 0.2) is 0 Å². The van der Waals surface area contributed by atoms with E-state index < -0.39 is 0 Å². The summed E-state index contributed by atoms with van der Waals surface area (Å²) in [6.07, 6.45) is 3.99. The molecule has 0 bridgehead atoms. The summed E-state index contributed by atoms with van der Waals surface area (Å²) in [5.41, 5.74) is 2.76. The number of rotatable bonds is 3. The average molecular weight is 201 g/mol. The first kappa shape index (κ1) is 9.97. The maximum absolute atomic E-state index is 11.8. The number of hydrogen-bond acceptors (Lipinski definition) is 1. The fourth-order valence-electron chi connectivity index (χ4n) is 1.50. The van der Waals surface area contributed by atoms with Gasteiger partial charge in [0.25, 0.3) is 5.91 Å². The Bertz CT molecular complexity index is 405. The molecule has 0 aromatic heterocycles. The predicted molar refractivity (Wildman–Crippen MR) is 61.8 cm³/mol. The van der Waals surface area contributed by atoms with Gasteiger partial charge < -0.3 is 5.32 Å². The molecule has 2 heteroatoms. The van der Waals surface area contributed by atoms with Crippen LogP contribution in [0.3, 0.4) is 0 Å². The van der Waals surface area contributed by atoms with E-state index in [0.717, 1.165) is 29.5 Å². The lowest BCUT2D eigenvalue weighted by molar-refractivity contribution is 0.0950. The van der Waals surface area contributed by atoms with Gasteiger partial charge in [0, 0.05) is 11.6 Å². The lowest BCUT2D eigenvalue weighted by atomic mass is 10.0. The summed E-state index contributed by atoms with van der Waals surface area (Å²) in [5.74, 6) is 0.0405. The molecule has 0 unspecified atom stereocenters. The van der Waals surface area contributed by atoms with Gasteiger partial charge in [-0.25, -0.2) is 0 Å². The van der Waals surface area contributed by atoms with Gasteiger partial charge in [-0.05, 0) is 37.0 Å². The molecule has 2 nitrogen and oxygen atoms in total. The molecule has 0 atom stereocenters. The lowest BCUT2D eigenvalue weighted by Gasteiger charge is -2.07. The summed E-state index contributed by atoms with van der Waals surface area (Å²) < 4.78 is 0. The molecule has 1 N–H and O–H groups in total. The Hall–Kier alpha value is -1.57. The topological polar surface area (TPSA) is 29.1 Å². The third kappa shape index (κ3) is 2.27. The van der Waals surface area contributed by atoms with E-state index in [9.17, 15) is 4.79 Å². The minimum absolute atomic E-state index is 0.0405. The second-order valence-electron chi connectivity index (χ2n) is 4.03. The number of hydrogen-bond donors (Lipinski definition) is 1. The quantitative estimate of drug-likeness (QED) is 0.800. The minimum Gasteiger partial charge on any atom is -0.349 e. The summed E-state index contributed by atoms with van der Waals surface area (Å²) in [6.45, 7) is 5.66. The van der Waals surface area contributed by atoms with E-state index in [4.69, 9.17) is 0 Å². The van der Waals surface area contributed by atoms with Crippen molar-refractivity contribution >= 4 is 12.0 Å². The van der Waals surface area contributed by atoms with Crippen molar-refractivity contribution in [2.75, 3.05) is 0 Å². The molecule has 1 aromatic rings. The summed E-state index contributed by atoms with van der Waals surface area (Å²) in [6, 6.07) is 6.22. The molecule has 0 aliphatic heterocycles. The second-order valence-corrected chi connectivity index (χ2v) is 4.03. The van der Waals surface area contributed by atoms with Crippen LogP contribution in [0.5, 0.6) is 0 Å². The maximum Gasteiger partial charge on any atom is 0.251 e. The van der Waals surface area contributed by atoms with E-state index in [1.807, 2.05) is 25.1 Å². The van der Waals surface area contributed by atoms with Crippen LogP contribution in [0.4, 0.5) is 0 Å². The third-order valence-electron chi connectivity index (χ3n) is 2.65. The van der Waals surface area contributed by atoms with Gasteiger partial charge in [0.05, 0.1) is 0 Å². The van der Waals surface area contributed by atoms with Crippen LogP contribution in [0, 0.1) is 6.92 Å². The van der Waals surface area contributed by atoms with Gasteiger partial charge in [-0.2, -0.15) is 0 Å². The fourth-order valence-corrected chi connectivity index (χ4v) is 1.50. The Labute approximate surface area is 90.0 Å². The van der Waals surface area contributed by atoms with E-state index in [1.54, 1.807) is 6.08 Å². The third-order valence-corrected chi connectivity index (χ3v) is 2.65. The van der Waals surface area contributed by atoms with Crippen LogP contribution >= 0.6 is 0 Å². The van der Waals surface area contributed by atoms with Crippen molar-refractivity contribution in [2.45, 2.75) is 25.8 Å². The number of nitrogens with one attached hydrogen (secondary N) is 1. The van der Waals surface area contributed by atoms with Crippen LogP contribution in [0.25, 0.3) is 6.08 Å². The van der Waals surface area contributed by atoms with Gasteiger partial charge in [-0.3, -0.25) is 4.79 Å². The van der Waals surface area contributed by atoms with E-state index in [-0.39, 0.29) is 5.91 Å². The first-order chi connectivity index (χ1) is 7.20. The maximum atomic E-state index is 11.8. The van der Waals surface area contributed by atoms with Crippen LogP contribution in [-0.2, 0) is 0 Å². The molecular formula is C13H15NO. The molecule has 78 valence electrons. The average Bonchev–Trinajstić information content (AvgIpc) is 3.02. The van der Waals surface area contributed by atoms with Crippen molar-refractivity contribution in [1.82, 2.24) is 5.32 Å². The molecule has 2 rings (SSSR count). The van der Waals surface area contributed by atoms with Gasteiger partial charge in [0.1, 0.15) is 0 Å². The molecular weight excluding hydrogens is 186 g/mol. The molecule has 1 saturated carbocycles. The zero-order chi connectivity index (χ0) is 10.8. The zero-order valence-corrected chi connectivity index (χ0v) is 8.92. The first-order valence-electron chi connectivity index (χ1n) is 5.24. The highest BCUT2D eigenvalue weighted by atomic mass is 16.1. The van der Waals surface area contributed by atoms with E-state index in [2.05, 4.69) is 11.9 Å². The molecule has 0 saturated heterocycles. The molecule has 15 heavy (non-hydrogen) atoms. The summed E-state index contributed by atoms with van der Waals surface area (Å²) in [7, 11) is 0. The Kier molecular flexibility index (Phi) is 2.58. The molecule has 0 heterocycles. The molecule has 0 spiro atoms. The molecule has 0 radical (unpaired) electrons. The summed E-state index contributed by atoms with van der Waals surface area (Å²) in [4.78, 5) is 11.8. The largest absolute Gasteiger partial charge is 0.349 e. The van der Waals surface area contributed by atoms with Crippen molar-refractivity contribution in [3.63, 3.8) is 0 Å². The zero-order valence-electron chi connectivity index (χ0n) is 8.92. The molecule has 1 aromatic carbocycles. The molecule has 1 amide bonds. The minimum atomic E-state index is 0.0405. The Morgan fingerprint density at radius 1 is 1.53 bits per heavy atom. The second kappa shape index (κ2) is 3.89. The number of carbonyl (C=O) groups excluding carboxylic acids is 1. The van der Waals surface area contributed by atoms with E-state index in [1.165, 1.54) is 0 Å². The monoisotopic (exact) mass is 201 g/mol. The lowest BCUT2D eigenvalue weighted by Crippen LogP contribution is -2.26. The normalized spacial score (nSPS) is 14.7. The van der Waals surface area contributed by atoms with Gasteiger partial charge >= 0.3 is 0 Å². The highest BCUT2D eigenvalue weighted by Crippen LogP contribution is 2.20. The van der Waals surface area contributed by atoms with Crippen LogP contribution < -0.4 is 5.32 Å². The smallest absolute Gasteiger partial charge is 0.251 e. The Morgan fingerprint density at radius 3 is 2.87 bits per heavy atom. The Morgan fingerprint density at radius 2 is 2.27 bits per heavy atom. The standard InChI is InChI=1S/C13H15NO/c1-3-10-5-4-9(2)12(8-10)13(15)14-11-6-7-11/h3-5,8,11H,1,6-7H2,2H3,(H,14,15). The van der Waals surface area contributed by atoms with Gasteiger partial charge in [-0.1, -0.05) is 24.8 Å². The molecule has 1 fully saturated rings. The number of aryl methyl sites for hydroxylation is 1. The van der Waals surface area contributed by atoms with E-state index in [0.29, 0.717) is 6.04 Å². The number of benzene rings is 1. The first-order valence-corrected chi connectivity index (χ1v) is 5.24. The van der Waals surface area contributed by atoms with Crippen molar-refractivity contribution in [1.29, 1.82) is 0 Å². The van der Waals surface area contributed by atoms with Crippen LogP contribution in [-0.4, -0.2) is 11.9 Å². The van der Waals surface area contributed by atoms with Crippen molar-refractivity contribution in [2.24, 2.45) is 0 Å². The highest BCUT2D eigenvalue weighted by Gasteiger charge is 2.24. The van der Waals surface area contributed by atoms with Crippen LogP contribution in [0.15, 0.2) is 24.8 Å².